The van der Waals surface area contributed by atoms with E-state index in [1.807, 2.05) is 17.5 Å². The molecule has 2 rings (SSSR count). The van der Waals surface area contributed by atoms with Gasteiger partial charge >= 0.3 is 5.97 Å². The second-order valence-electron chi connectivity index (χ2n) is 4.42. The third kappa shape index (κ3) is 3.44. The molecule has 3 nitrogen and oxygen atoms in total. The van der Waals surface area contributed by atoms with Crippen molar-refractivity contribution in [1.29, 1.82) is 0 Å². The van der Waals surface area contributed by atoms with Crippen LogP contribution in [0.15, 0.2) is 17.5 Å². The lowest BCUT2D eigenvalue weighted by Gasteiger charge is -2.31. The zero-order valence-electron chi connectivity index (χ0n) is 9.51. The molecule has 0 saturated carbocycles. The van der Waals surface area contributed by atoms with Crippen LogP contribution in [0.4, 0.5) is 0 Å². The summed E-state index contributed by atoms with van der Waals surface area (Å²) in [5.74, 6) is -0.909. The molecule has 0 aliphatic carbocycles. The second kappa shape index (κ2) is 5.85. The number of nitrogens with zero attached hydrogens (tertiary/aromatic N) is 1. The summed E-state index contributed by atoms with van der Waals surface area (Å²) in [6, 6.07) is 4.02. The largest absolute Gasteiger partial charge is 0.481 e. The molecule has 1 saturated heterocycles. The first-order valence-corrected chi connectivity index (χ1v) is 7.11. The van der Waals surface area contributed by atoms with Gasteiger partial charge in [-0.1, -0.05) is 6.07 Å². The molecule has 1 N–H and O–H groups in total. The number of thiophene rings is 1. The van der Waals surface area contributed by atoms with Crippen molar-refractivity contribution < 1.29 is 9.90 Å². The van der Waals surface area contributed by atoms with Crippen molar-refractivity contribution in [2.24, 2.45) is 5.92 Å². The van der Waals surface area contributed by atoms with Gasteiger partial charge in [-0.2, -0.15) is 0 Å². The zero-order valence-corrected chi connectivity index (χ0v) is 11.1. The van der Waals surface area contributed by atoms with Crippen LogP contribution in [0.25, 0.3) is 0 Å². The number of likely N-dealkylation sites (tertiary alicyclic amines) is 1. The van der Waals surface area contributed by atoms with Crippen LogP contribution in [-0.2, 0) is 4.79 Å². The summed E-state index contributed by atoms with van der Waals surface area (Å²) in [7, 11) is 0. The fourth-order valence-electron chi connectivity index (χ4n) is 2.21. The molecule has 0 bridgehead atoms. The van der Waals surface area contributed by atoms with E-state index in [-0.39, 0.29) is 11.3 Å². The quantitative estimate of drug-likeness (QED) is 0.858. The van der Waals surface area contributed by atoms with Crippen LogP contribution in [0.2, 0.25) is 0 Å². The Morgan fingerprint density at radius 2 is 2.53 bits per heavy atom. The summed E-state index contributed by atoms with van der Waals surface area (Å²) in [4.78, 5) is 14.3. The van der Waals surface area contributed by atoms with Crippen LogP contribution in [-0.4, -0.2) is 35.6 Å². The van der Waals surface area contributed by atoms with Gasteiger partial charge in [-0.05, 0) is 30.8 Å². The number of hydrogen-bond donors (Lipinski definition) is 1. The van der Waals surface area contributed by atoms with E-state index in [0.29, 0.717) is 6.54 Å². The summed E-state index contributed by atoms with van der Waals surface area (Å²) in [5.41, 5.74) is 0. The van der Waals surface area contributed by atoms with E-state index >= 15 is 0 Å². The number of carboxylic acid groups (broad SMARTS) is 1. The average molecular weight is 274 g/mol. The maximum Gasteiger partial charge on any atom is 0.307 e. The van der Waals surface area contributed by atoms with Gasteiger partial charge in [0, 0.05) is 18.0 Å². The lowest BCUT2D eigenvalue weighted by Crippen LogP contribution is -2.40. The van der Waals surface area contributed by atoms with Gasteiger partial charge in [0.25, 0.3) is 0 Å². The number of aliphatic carboxylic acids is 1. The van der Waals surface area contributed by atoms with Gasteiger partial charge in [-0.25, -0.2) is 0 Å². The highest BCUT2D eigenvalue weighted by Gasteiger charge is 2.26. The molecule has 0 amide bonds. The molecule has 1 aliphatic heterocycles. The predicted octanol–water partition coefficient (Wildman–Crippen LogP) is 2.82. The highest BCUT2D eigenvalue weighted by atomic mass is 35.5. The van der Waals surface area contributed by atoms with Crippen LogP contribution in [0.1, 0.15) is 23.1 Å². The first kappa shape index (κ1) is 12.9. The number of carboxylic acids is 1. The predicted molar refractivity (Wildman–Crippen MR) is 69.7 cm³/mol. The lowest BCUT2D eigenvalue weighted by atomic mass is 9.98. The SMILES string of the molecule is O=C(O)C1CCCN(CC(Cl)c2cccs2)C1. The standard InChI is InChI=1S/C12H16ClNO2S/c13-10(11-4-2-6-17-11)8-14-5-1-3-9(7-14)12(15)16/h2,4,6,9-10H,1,3,5,7-8H2,(H,15,16). The Balaban J connectivity index is 1.88. The van der Waals surface area contributed by atoms with Crippen molar-refractivity contribution in [1.82, 2.24) is 4.90 Å². The Morgan fingerprint density at radius 3 is 3.18 bits per heavy atom. The Hall–Kier alpha value is -0.580. The molecule has 5 heteroatoms. The smallest absolute Gasteiger partial charge is 0.307 e. The molecule has 1 aromatic heterocycles. The van der Waals surface area contributed by atoms with Gasteiger partial charge in [-0.3, -0.25) is 4.79 Å². The van der Waals surface area contributed by atoms with Crippen molar-refractivity contribution in [3.8, 4) is 0 Å². The fraction of sp³-hybridized carbons (Fsp3) is 0.583. The van der Waals surface area contributed by atoms with Gasteiger partial charge in [0.05, 0.1) is 11.3 Å². The molecular formula is C12H16ClNO2S. The minimum absolute atomic E-state index is 0.0254. The van der Waals surface area contributed by atoms with Gasteiger partial charge in [0.2, 0.25) is 0 Å². The van der Waals surface area contributed by atoms with E-state index in [9.17, 15) is 4.79 Å². The van der Waals surface area contributed by atoms with Crippen LogP contribution in [0.3, 0.4) is 0 Å². The molecule has 0 spiro atoms. The molecular weight excluding hydrogens is 258 g/mol. The Labute approximate surface area is 110 Å². The van der Waals surface area contributed by atoms with Crippen molar-refractivity contribution >= 4 is 28.9 Å². The van der Waals surface area contributed by atoms with Gasteiger partial charge in [0.15, 0.2) is 0 Å². The minimum atomic E-state index is -0.683. The topological polar surface area (TPSA) is 40.5 Å². The Morgan fingerprint density at radius 1 is 1.71 bits per heavy atom. The van der Waals surface area contributed by atoms with Crippen LogP contribution >= 0.6 is 22.9 Å². The van der Waals surface area contributed by atoms with E-state index in [1.54, 1.807) is 11.3 Å². The normalized spacial score (nSPS) is 23.5. The van der Waals surface area contributed by atoms with Crippen molar-refractivity contribution in [2.45, 2.75) is 18.2 Å². The first-order chi connectivity index (χ1) is 8.16. The molecule has 0 radical (unpaired) electrons. The number of rotatable bonds is 4. The minimum Gasteiger partial charge on any atom is -0.481 e. The summed E-state index contributed by atoms with van der Waals surface area (Å²) in [6.45, 7) is 2.33. The monoisotopic (exact) mass is 273 g/mol. The third-order valence-electron chi connectivity index (χ3n) is 3.13. The third-order valence-corrected chi connectivity index (χ3v) is 4.61. The molecule has 1 aliphatic rings. The van der Waals surface area contributed by atoms with E-state index in [2.05, 4.69) is 4.90 Å². The Kier molecular flexibility index (Phi) is 4.42. The molecule has 1 fully saturated rings. The molecule has 1 aromatic rings. The van der Waals surface area contributed by atoms with Crippen molar-refractivity contribution in [3.63, 3.8) is 0 Å². The Bertz CT molecular complexity index is 369. The molecule has 0 aromatic carbocycles. The number of piperidine rings is 1. The van der Waals surface area contributed by atoms with Crippen molar-refractivity contribution in [2.75, 3.05) is 19.6 Å². The van der Waals surface area contributed by atoms with Crippen LogP contribution in [0.5, 0.6) is 0 Å². The maximum absolute atomic E-state index is 11.0. The highest BCUT2D eigenvalue weighted by Crippen LogP contribution is 2.27. The number of alkyl halides is 1. The zero-order chi connectivity index (χ0) is 12.3. The van der Waals surface area contributed by atoms with Gasteiger partial charge in [0.1, 0.15) is 0 Å². The first-order valence-electron chi connectivity index (χ1n) is 5.79. The van der Waals surface area contributed by atoms with E-state index < -0.39 is 5.97 Å². The highest BCUT2D eigenvalue weighted by molar-refractivity contribution is 7.10. The van der Waals surface area contributed by atoms with Crippen LogP contribution in [0, 0.1) is 5.92 Å². The van der Waals surface area contributed by atoms with E-state index in [1.165, 1.54) is 0 Å². The number of halogens is 1. The molecule has 94 valence electrons. The maximum atomic E-state index is 11.0. The van der Waals surface area contributed by atoms with E-state index in [4.69, 9.17) is 16.7 Å². The number of carbonyl (C=O) groups is 1. The number of hydrogen-bond acceptors (Lipinski definition) is 3. The summed E-state index contributed by atoms with van der Waals surface area (Å²) in [6.07, 6.45) is 1.74. The molecule has 2 unspecified atom stereocenters. The summed E-state index contributed by atoms with van der Waals surface area (Å²) < 4.78 is 0. The summed E-state index contributed by atoms with van der Waals surface area (Å²) >= 11 is 7.98. The molecule has 17 heavy (non-hydrogen) atoms. The average Bonchev–Trinajstić information content (AvgIpc) is 2.82. The van der Waals surface area contributed by atoms with E-state index in [0.717, 1.165) is 30.8 Å². The lowest BCUT2D eigenvalue weighted by molar-refractivity contribution is -0.143. The molecule has 2 heterocycles. The molecule has 2 atom stereocenters. The summed E-state index contributed by atoms with van der Waals surface area (Å²) in [5, 5.41) is 11.0. The van der Waals surface area contributed by atoms with Crippen LogP contribution < -0.4 is 0 Å². The second-order valence-corrected chi connectivity index (χ2v) is 5.93. The fourth-order valence-corrected chi connectivity index (χ4v) is 3.32. The van der Waals surface area contributed by atoms with Gasteiger partial charge < -0.3 is 10.0 Å². The van der Waals surface area contributed by atoms with Crippen molar-refractivity contribution in [3.05, 3.63) is 22.4 Å². The van der Waals surface area contributed by atoms with Gasteiger partial charge in [-0.15, -0.1) is 22.9 Å².